The van der Waals surface area contributed by atoms with E-state index in [4.69, 9.17) is 14.0 Å². The van der Waals surface area contributed by atoms with Gasteiger partial charge in [-0.05, 0) is 52.5 Å². The van der Waals surface area contributed by atoms with Crippen LogP contribution in [0.3, 0.4) is 0 Å². The molecule has 0 radical (unpaired) electrons. The van der Waals surface area contributed by atoms with Crippen LogP contribution in [0.15, 0.2) is 45.6 Å². The first-order chi connectivity index (χ1) is 17.1. The second kappa shape index (κ2) is 10.9. The van der Waals surface area contributed by atoms with E-state index in [1.807, 2.05) is 36.1 Å². The predicted molar refractivity (Wildman–Crippen MR) is 144 cm³/mol. The van der Waals surface area contributed by atoms with E-state index >= 15 is 0 Å². The monoisotopic (exact) mass is 615 g/mol. The van der Waals surface area contributed by atoms with Crippen LogP contribution in [-0.4, -0.2) is 43.5 Å². The van der Waals surface area contributed by atoms with Gasteiger partial charge in [-0.3, -0.25) is 4.55 Å². The number of hydrogen-bond acceptors (Lipinski definition) is 8. The van der Waals surface area contributed by atoms with E-state index in [0.717, 1.165) is 29.6 Å². The predicted octanol–water partition coefficient (Wildman–Crippen LogP) is 4.92. The van der Waals surface area contributed by atoms with E-state index in [9.17, 15) is 18.3 Å². The van der Waals surface area contributed by atoms with Crippen molar-refractivity contribution in [3.63, 3.8) is 0 Å². The van der Waals surface area contributed by atoms with E-state index < -0.39 is 16.1 Å². The molecular weight excluding hydrogens is 592 g/mol. The molecule has 1 aromatic carbocycles. The van der Waals surface area contributed by atoms with Crippen molar-refractivity contribution in [2.24, 2.45) is 0 Å². The van der Waals surface area contributed by atoms with E-state index in [0.29, 0.717) is 30.3 Å². The first-order valence-electron chi connectivity index (χ1n) is 10.9. The number of benzene rings is 1. The molecule has 0 bridgehead atoms. The number of nitrogens with zero attached hydrogens (tertiary/aromatic N) is 2. The molecule has 0 spiro atoms. The van der Waals surface area contributed by atoms with Gasteiger partial charge in [-0.1, -0.05) is 29.6 Å². The Kier molecular flexibility index (Phi) is 8.05. The zero-order valence-corrected chi connectivity index (χ0v) is 23.5. The number of thiophene rings is 1. The number of carbonyl (C=O) groups is 1. The van der Waals surface area contributed by atoms with Crippen LogP contribution >= 0.6 is 38.6 Å². The number of fused-ring (bicyclic) bond motifs is 2. The van der Waals surface area contributed by atoms with E-state index in [-0.39, 0.29) is 18.7 Å². The standard InChI is InChI=1S/C23H23BrN2O7S3/c1-3-14(10-21-26(13-22(27)28)23-18(34-21)12-19(24)35-23)9-20-25(7-4-8-36(29,30)31)16-11-15(32-2)5-6-17(16)33-20/h5-6,9-12H,3-4,7-8,13H2,1-2H3,(H-,27,28,29,30,31)/p+1. The van der Waals surface area contributed by atoms with Crippen LogP contribution in [0.1, 0.15) is 24.8 Å². The molecule has 0 saturated heterocycles. The molecule has 1 aliphatic rings. The number of anilines is 1. The summed E-state index contributed by atoms with van der Waals surface area (Å²) in [4.78, 5) is 14.3. The van der Waals surface area contributed by atoms with E-state index in [1.54, 1.807) is 23.8 Å². The number of allylic oxidation sites excluding steroid dienone is 2. The van der Waals surface area contributed by atoms with Crippen molar-refractivity contribution in [1.29, 1.82) is 0 Å². The number of methoxy groups -OCH3 is 1. The Hall–Kier alpha value is -2.45. The van der Waals surface area contributed by atoms with Crippen molar-refractivity contribution >= 4 is 76.0 Å². The summed E-state index contributed by atoms with van der Waals surface area (Å²) in [5.74, 6) is 0.441. The van der Waals surface area contributed by atoms with Gasteiger partial charge in [-0.15, -0.1) is 0 Å². The molecule has 4 rings (SSSR count). The van der Waals surface area contributed by atoms with Gasteiger partial charge in [0.2, 0.25) is 12.4 Å². The van der Waals surface area contributed by atoms with Crippen molar-refractivity contribution in [3.05, 3.63) is 50.6 Å². The summed E-state index contributed by atoms with van der Waals surface area (Å²) in [7, 11) is -2.53. The van der Waals surface area contributed by atoms with Gasteiger partial charge in [0.15, 0.2) is 5.75 Å². The number of carboxylic acids is 1. The minimum atomic E-state index is -4.09. The summed E-state index contributed by atoms with van der Waals surface area (Å²) in [5.41, 5.74) is 1.63. The van der Waals surface area contributed by atoms with Crippen molar-refractivity contribution in [3.8, 4) is 11.5 Å². The van der Waals surface area contributed by atoms with Crippen LogP contribution in [-0.2, 0) is 21.5 Å². The molecule has 2 N–H and O–H groups in total. The number of rotatable bonds is 10. The van der Waals surface area contributed by atoms with Gasteiger partial charge in [0.25, 0.3) is 20.0 Å². The number of carboxylic acid groups (broad SMARTS) is 1. The molecule has 0 unspecified atom stereocenters. The Morgan fingerprint density at radius 2 is 2.08 bits per heavy atom. The summed E-state index contributed by atoms with van der Waals surface area (Å²) in [6.07, 6.45) is 4.66. The summed E-state index contributed by atoms with van der Waals surface area (Å²) >= 11 is 6.46. The van der Waals surface area contributed by atoms with Gasteiger partial charge in [-0.2, -0.15) is 13.0 Å². The van der Waals surface area contributed by atoms with Crippen LogP contribution in [0.4, 0.5) is 5.69 Å². The fraction of sp³-hybridized carbons (Fsp3) is 0.304. The Balaban J connectivity index is 1.72. The van der Waals surface area contributed by atoms with E-state index in [1.165, 1.54) is 22.7 Å². The van der Waals surface area contributed by atoms with Gasteiger partial charge < -0.3 is 19.5 Å². The van der Waals surface area contributed by atoms with Gasteiger partial charge in [0.05, 0.1) is 22.3 Å². The Morgan fingerprint density at radius 1 is 1.31 bits per heavy atom. The average Bonchev–Trinajstić information content (AvgIpc) is 3.43. The zero-order valence-electron chi connectivity index (χ0n) is 19.4. The van der Waals surface area contributed by atoms with Crippen LogP contribution in [0.5, 0.6) is 11.5 Å². The minimum absolute atomic E-state index is 0.157. The Labute approximate surface area is 224 Å². The highest BCUT2D eigenvalue weighted by Crippen LogP contribution is 2.42. The fourth-order valence-electron chi connectivity index (χ4n) is 3.77. The molecule has 0 atom stereocenters. The van der Waals surface area contributed by atoms with Gasteiger partial charge in [-0.25, -0.2) is 4.79 Å². The summed E-state index contributed by atoms with van der Waals surface area (Å²) in [6.45, 7) is 2.13. The third-order valence-corrected chi connectivity index (χ3v) is 9.09. The van der Waals surface area contributed by atoms with Gasteiger partial charge in [0.1, 0.15) is 10.4 Å². The van der Waals surface area contributed by atoms with Crippen LogP contribution in [0.25, 0.3) is 15.6 Å². The zero-order chi connectivity index (χ0) is 26.0. The number of aromatic nitrogens is 1. The highest BCUT2D eigenvalue weighted by Gasteiger charge is 2.28. The molecule has 3 heterocycles. The number of hydrogen-bond donors (Lipinski definition) is 2. The largest absolute Gasteiger partial charge is 0.497 e. The average molecular weight is 617 g/mol. The molecular formula is C23H24BrN2O7S3+. The normalized spacial score (nSPS) is 14.9. The smallest absolute Gasteiger partial charge is 0.370 e. The minimum Gasteiger partial charge on any atom is -0.497 e. The first-order valence-corrected chi connectivity index (χ1v) is 15.0. The lowest BCUT2D eigenvalue weighted by atomic mass is 10.2. The quantitative estimate of drug-likeness (QED) is 0.244. The highest BCUT2D eigenvalue weighted by atomic mass is 79.9. The lowest BCUT2D eigenvalue weighted by Gasteiger charge is -2.18. The molecule has 0 aliphatic carbocycles. The number of ether oxygens (including phenoxy) is 2. The molecule has 192 valence electrons. The lowest BCUT2D eigenvalue weighted by molar-refractivity contribution is -0.655. The third kappa shape index (κ3) is 6.09. The molecule has 0 saturated carbocycles. The molecule has 0 fully saturated rings. The van der Waals surface area contributed by atoms with Crippen molar-refractivity contribution < 1.29 is 36.9 Å². The summed E-state index contributed by atoms with van der Waals surface area (Å²) in [5, 5.41) is 10.3. The number of thiazole rings is 1. The fourth-order valence-corrected chi connectivity index (χ4v) is 7.36. The highest BCUT2D eigenvalue weighted by molar-refractivity contribution is 9.11. The van der Waals surface area contributed by atoms with Gasteiger partial charge >= 0.3 is 5.97 Å². The summed E-state index contributed by atoms with van der Waals surface area (Å²) in [6, 6.07) is 7.35. The second-order valence-electron chi connectivity index (χ2n) is 7.92. The number of halogens is 1. The van der Waals surface area contributed by atoms with Crippen molar-refractivity contribution in [1.82, 2.24) is 0 Å². The molecule has 13 heteroatoms. The molecule has 36 heavy (non-hydrogen) atoms. The maximum atomic E-state index is 11.5. The molecule has 2 aromatic heterocycles. The Morgan fingerprint density at radius 3 is 2.75 bits per heavy atom. The summed E-state index contributed by atoms with van der Waals surface area (Å²) < 4.78 is 46.8. The topological polar surface area (TPSA) is 117 Å². The van der Waals surface area contributed by atoms with Crippen LogP contribution in [0.2, 0.25) is 0 Å². The SMILES string of the molecule is CCC(=Cc1sc2cc(Br)sc2[n+]1CC(=O)O)C=C1Oc2ccc(OC)cc2N1CCCS(=O)(=O)O. The maximum Gasteiger partial charge on any atom is 0.370 e. The van der Waals surface area contributed by atoms with Crippen molar-refractivity contribution in [2.45, 2.75) is 26.3 Å². The van der Waals surface area contributed by atoms with Crippen molar-refractivity contribution in [2.75, 3.05) is 24.3 Å². The molecule has 3 aromatic rings. The molecule has 1 aliphatic heterocycles. The second-order valence-corrected chi connectivity index (χ2v) is 13.0. The van der Waals surface area contributed by atoms with E-state index in [2.05, 4.69) is 15.9 Å². The molecule has 9 nitrogen and oxygen atoms in total. The lowest BCUT2D eigenvalue weighted by Crippen LogP contribution is -2.38. The molecule has 0 amide bonds. The maximum absolute atomic E-state index is 11.5. The van der Waals surface area contributed by atoms with Crippen LogP contribution < -0.4 is 18.9 Å². The van der Waals surface area contributed by atoms with Crippen LogP contribution in [0, 0.1) is 0 Å². The third-order valence-electron chi connectivity index (χ3n) is 5.42. The number of aliphatic carboxylic acids is 1. The van der Waals surface area contributed by atoms with Gasteiger partial charge in [0, 0.05) is 24.8 Å². The first kappa shape index (κ1) is 26.6. The Bertz CT molecular complexity index is 1470.